The van der Waals surface area contributed by atoms with E-state index in [2.05, 4.69) is 14.8 Å². The lowest BCUT2D eigenvalue weighted by Gasteiger charge is -2.12. The predicted octanol–water partition coefficient (Wildman–Crippen LogP) is 2.47. The summed E-state index contributed by atoms with van der Waals surface area (Å²) < 4.78 is 49.9. The van der Waals surface area contributed by atoms with Crippen LogP contribution < -0.4 is 4.74 Å². The number of aromatic nitrogens is 3. The fraction of sp³-hybridized carbons (Fsp3) is 0.308. The van der Waals surface area contributed by atoms with Crippen LogP contribution in [0.15, 0.2) is 24.4 Å². The molecule has 0 aliphatic rings. The van der Waals surface area contributed by atoms with E-state index in [1.54, 1.807) is 0 Å². The van der Waals surface area contributed by atoms with Crippen LogP contribution in [0.2, 0.25) is 0 Å². The van der Waals surface area contributed by atoms with Crippen molar-refractivity contribution in [3.8, 4) is 11.7 Å². The first-order valence-electron chi connectivity index (χ1n) is 6.22. The van der Waals surface area contributed by atoms with Crippen molar-refractivity contribution in [2.24, 2.45) is 0 Å². The number of rotatable bonds is 4. The molecule has 0 fully saturated rings. The zero-order valence-corrected chi connectivity index (χ0v) is 11.7. The average molecular weight is 315 g/mol. The highest BCUT2D eigenvalue weighted by Gasteiger charge is 2.41. The molecule has 2 rings (SSSR count). The minimum absolute atomic E-state index is 0.0429. The summed E-state index contributed by atoms with van der Waals surface area (Å²) in [4.78, 5) is 15.5. The monoisotopic (exact) mass is 315 g/mol. The van der Waals surface area contributed by atoms with Gasteiger partial charge < -0.3 is 9.47 Å². The molecule has 0 spiro atoms. The molecule has 2 aromatic heterocycles. The van der Waals surface area contributed by atoms with Crippen molar-refractivity contribution < 1.29 is 27.4 Å². The van der Waals surface area contributed by atoms with Crippen LogP contribution in [0, 0.1) is 0 Å². The van der Waals surface area contributed by atoms with Crippen LogP contribution in [-0.2, 0) is 10.9 Å². The molecule has 0 saturated heterocycles. The molecule has 0 radical (unpaired) electrons. The number of methoxy groups -OCH3 is 1. The number of carbonyl (C=O) groups excluding carboxylic acids is 1. The summed E-state index contributed by atoms with van der Waals surface area (Å²) in [6.45, 7) is 1.46. The summed E-state index contributed by atoms with van der Waals surface area (Å²) in [6, 6.07) is 4.26. The standard InChI is InChI=1S/C13H12F3N3O3/c1-3-22-12(20)8-7-17-19(11(8)13(14,15)16)9-5-4-6-10(18-9)21-2/h4-7H,3H2,1-2H3. The highest BCUT2D eigenvalue weighted by atomic mass is 19.4. The van der Waals surface area contributed by atoms with E-state index in [1.807, 2.05) is 0 Å². The van der Waals surface area contributed by atoms with Gasteiger partial charge in [-0.15, -0.1) is 0 Å². The van der Waals surface area contributed by atoms with Crippen molar-refractivity contribution in [2.75, 3.05) is 13.7 Å². The van der Waals surface area contributed by atoms with Crippen molar-refractivity contribution in [1.29, 1.82) is 0 Å². The fourth-order valence-corrected chi connectivity index (χ4v) is 1.79. The van der Waals surface area contributed by atoms with Gasteiger partial charge in [-0.1, -0.05) is 6.07 Å². The maximum Gasteiger partial charge on any atom is 0.434 e. The second kappa shape index (κ2) is 6.04. The first-order valence-corrected chi connectivity index (χ1v) is 6.22. The Bertz CT molecular complexity index is 683. The van der Waals surface area contributed by atoms with Gasteiger partial charge in [-0.05, 0) is 13.0 Å². The Morgan fingerprint density at radius 1 is 1.36 bits per heavy atom. The van der Waals surface area contributed by atoms with E-state index in [4.69, 9.17) is 4.74 Å². The molecule has 0 bridgehead atoms. The van der Waals surface area contributed by atoms with Crippen LogP contribution in [0.3, 0.4) is 0 Å². The molecule has 0 amide bonds. The highest BCUT2D eigenvalue weighted by Crippen LogP contribution is 2.33. The third kappa shape index (κ3) is 3.02. The molecular weight excluding hydrogens is 303 g/mol. The molecule has 118 valence electrons. The van der Waals surface area contributed by atoms with Gasteiger partial charge in [0.05, 0.1) is 19.9 Å². The maximum atomic E-state index is 13.3. The highest BCUT2D eigenvalue weighted by molar-refractivity contribution is 5.90. The molecule has 0 aromatic carbocycles. The Balaban J connectivity index is 2.59. The number of alkyl halides is 3. The fourth-order valence-electron chi connectivity index (χ4n) is 1.79. The quantitative estimate of drug-likeness (QED) is 0.811. The molecule has 22 heavy (non-hydrogen) atoms. The van der Waals surface area contributed by atoms with Crippen LogP contribution in [0.1, 0.15) is 23.0 Å². The molecule has 2 heterocycles. The molecule has 0 saturated carbocycles. The summed E-state index contributed by atoms with van der Waals surface area (Å²) in [5.74, 6) is -1.09. The molecule has 2 aromatic rings. The van der Waals surface area contributed by atoms with Crippen LogP contribution in [0.4, 0.5) is 13.2 Å². The largest absolute Gasteiger partial charge is 0.481 e. The zero-order chi connectivity index (χ0) is 16.3. The van der Waals surface area contributed by atoms with Crippen molar-refractivity contribution in [1.82, 2.24) is 14.8 Å². The van der Waals surface area contributed by atoms with Crippen molar-refractivity contribution >= 4 is 5.97 Å². The van der Waals surface area contributed by atoms with Crippen LogP contribution >= 0.6 is 0 Å². The Kier molecular flexibility index (Phi) is 4.34. The van der Waals surface area contributed by atoms with Gasteiger partial charge in [0.25, 0.3) is 0 Å². The van der Waals surface area contributed by atoms with Gasteiger partial charge in [0.1, 0.15) is 5.56 Å². The lowest BCUT2D eigenvalue weighted by molar-refractivity contribution is -0.143. The van der Waals surface area contributed by atoms with Crippen molar-refractivity contribution in [3.63, 3.8) is 0 Å². The number of halogens is 3. The summed E-state index contributed by atoms with van der Waals surface area (Å²) >= 11 is 0. The first-order chi connectivity index (χ1) is 10.4. The van der Waals surface area contributed by atoms with Gasteiger partial charge in [0.15, 0.2) is 11.5 Å². The summed E-state index contributed by atoms with van der Waals surface area (Å²) in [5, 5.41) is 3.61. The maximum absolute atomic E-state index is 13.3. The molecule has 0 atom stereocenters. The minimum Gasteiger partial charge on any atom is -0.481 e. The number of nitrogens with zero attached hydrogens (tertiary/aromatic N) is 3. The summed E-state index contributed by atoms with van der Waals surface area (Å²) in [7, 11) is 1.34. The summed E-state index contributed by atoms with van der Waals surface area (Å²) in [5.41, 5.74) is -1.91. The van der Waals surface area contributed by atoms with E-state index in [-0.39, 0.29) is 18.3 Å². The second-order valence-corrected chi connectivity index (χ2v) is 4.08. The van der Waals surface area contributed by atoms with Gasteiger partial charge >= 0.3 is 12.1 Å². The molecule has 0 aliphatic heterocycles. The average Bonchev–Trinajstić information content (AvgIpc) is 2.92. The molecule has 0 aliphatic carbocycles. The smallest absolute Gasteiger partial charge is 0.434 e. The number of pyridine rings is 1. The second-order valence-electron chi connectivity index (χ2n) is 4.08. The molecule has 9 heteroatoms. The van der Waals surface area contributed by atoms with Gasteiger partial charge in [0.2, 0.25) is 5.88 Å². The third-order valence-corrected chi connectivity index (χ3v) is 2.67. The van der Waals surface area contributed by atoms with Crippen LogP contribution in [-0.4, -0.2) is 34.5 Å². The number of ether oxygens (including phenoxy) is 2. The molecule has 0 N–H and O–H groups in total. The molecule has 0 unspecified atom stereocenters. The van der Waals surface area contributed by atoms with Crippen LogP contribution in [0.25, 0.3) is 5.82 Å². The number of hydrogen-bond acceptors (Lipinski definition) is 5. The molecular formula is C13H12F3N3O3. The Morgan fingerprint density at radius 3 is 2.68 bits per heavy atom. The van der Waals surface area contributed by atoms with E-state index in [0.29, 0.717) is 4.68 Å². The third-order valence-electron chi connectivity index (χ3n) is 2.67. The topological polar surface area (TPSA) is 66.2 Å². The van der Waals surface area contributed by atoms with Gasteiger partial charge in [-0.2, -0.15) is 23.3 Å². The Morgan fingerprint density at radius 2 is 2.09 bits per heavy atom. The van der Waals surface area contributed by atoms with Gasteiger partial charge in [0, 0.05) is 6.07 Å². The van der Waals surface area contributed by atoms with Crippen molar-refractivity contribution in [2.45, 2.75) is 13.1 Å². The van der Waals surface area contributed by atoms with E-state index >= 15 is 0 Å². The minimum atomic E-state index is -4.80. The summed E-state index contributed by atoms with van der Waals surface area (Å²) in [6.07, 6.45) is -3.99. The predicted molar refractivity (Wildman–Crippen MR) is 68.9 cm³/mol. The SMILES string of the molecule is CCOC(=O)c1cnn(-c2cccc(OC)n2)c1C(F)(F)F. The van der Waals surface area contributed by atoms with E-state index in [0.717, 1.165) is 6.20 Å². The van der Waals surface area contributed by atoms with E-state index in [1.165, 1.54) is 32.2 Å². The number of carbonyl (C=O) groups is 1. The zero-order valence-electron chi connectivity index (χ0n) is 11.7. The first kappa shape index (κ1) is 15.8. The lowest BCUT2D eigenvalue weighted by Crippen LogP contribution is -2.19. The van der Waals surface area contributed by atoms with E-state index < -0.39 is 23.4 Å². The Hall–Kier alpha value is -2.58. The van der Waals surface area contributed by atoms with Crippen LogP contribution in [0.5, 0.6) is 5.88 Å². The molecule has 6 nitrogen and oxygen atoms in total. The normalized spacial score (nSPS) is 11.3. The van der Waals surface area contributed by atoms with E-state index in [9.17, 15) is 18.0 Å². The lowest BCUT2D eigenvalue weighted by atomic mass is 10.2. The number of esters is 1. The Labute approximate surface area is 123 Å². The number of hydrogen-bond donors (Lipinski definition) is 0. The van der Waals surface area contributed by atoms with Gasteiger partial charge in [-0.3, -0.25) is 0 Å². The van der Waals surface area contributed by atoms with Crippen molar-refractivity contribution in [3.05, 3.63) is 35.7 Å². The van der Waals surface area contributed by atoms with Gasteiger partial charge in [-0.25, -0.2) is 9.48 Å².